The molecule has 128 valence electrons. The number of methoxy groups -OCH3 is 1. The molecular formula is C16H17ClN2O4S. The van der Waals surface area contributed by atoms with Gasteiger partial charge in [-0.2, -0.15) is 0 Å². The summed E-state index contributed by atoms with van der Waals surface area (Å²) in [4.78, 5) is 11.7. The van der Waals surface area contributed by atoms with Crippen LogP contribution < -0.4 is 14.8 Å². The maximum atomic E-state index is 12.1. The first-order valence-corrected chi connectivity index (χ1v) is 8.92. The van der Waals surface area contributed by atoms with Gasteiger partial charge in [-0.1, -0.05) is 35.9 Å². The van der Waals surface area contributed by atoms with E-state index >= 15 is 0 Å². The van der Waals surface area contributed by atoms with Gasteiger partial charge in [0.2, 0.25) is 15.9 Å². The zero-order valence-electron chi connectivity index (χ0n) is 13.0. The molecule has 0 saturated carbocycles. The van der Waals surface area contributed by atoms with Crippen LogP contribution in [0.3, 0.4) is 0 Å². The second-order valence-electron chi connectivity index (χ2n) is 4.88. The smallest absolute Gasteiger partial charge is 0.242 e. The van der Waals surface area contributed by atoms with Gasteiger partial charge in [-0.15, -0.1) is 0 Å². The second-order valence-corrected chi connectivity index (χ2v) is 7.02. The Hall–Kier alpha value is -2.09. The molecule has 2 aromatic carbocycles. The summed E-state index contributed by atoms with van der Waals surface area (Å²) in [6.45, 7) is -0.0830. The number of rotatable bonds is 7. The number of hydrogen-bond donors (Lipinski definition) is 2. The summed E-state index contributed by atoms with van der Waals surface area (Å²) in [6.07, 6.45) is 0. The Kier molecular flexibility index (Phi) is 6.19. The minimum atomic E-state index is -3.84. The third-order valence-electron chi connectivity index (χ3n) is 3.20. The van der Waals surface area contributed by atoms with Crippen LogP contribution in [-0.4, -0.2) is 28.0 Å². The zero-order chi connectivity index (χ0) is 17.6. The van der Waals surface area contributed by atoms with Crippen molar-refractivity contribution < 1.29 is 17.9 Å². The van der Waals surface area contributed by atoms with E-state index in [9.17, 15) is 13.2 Å². The number of sulfonamides is 1. The molecule has 0 bridgehead atoms. The molecule has 0 aliphatic carbocycles. The summed E-state index contributed by atoms with van der Waals surface area (Å²) in [6, 6.07) is 13.2. The largest absolute Gasteiger partial charge is 0.497 e. The molecule has 0 aliphatic rings. The minimum absolute atomic E-state index is 0.0605. The average Bonchev–Trinajstić information content (AvgIpc) is 2.59. The van der Waals surface area contributed by atoms with Crippen molar-refractivity contribution in [3.05, 3.63) is 59.1 Å². The Morgan fingerprint density at radius 3 is 2.42 bits per heavy atom. The lowest BCUT2D eigenvalue weighted by atomic mass is 10.2. The highest BCUT2D eigenvalue weighted by Gasteiger charge is 2.18. The zero-order valence-corrected chi connectivity index (χ0v) is 14.5. The summed E-state index contributed by atoms with van der Waals surface area (Å²) in [5, 5.41) is 2.74. The molecule has 0 aliphatic heterocycles. The molecule has 0 saturated heterocycles. The van der Waals surface area contributed by atoms with Crippen molar-refractivity contribution in [2.45, 2.75) is 11.4 Å². The van der Waals surface area contributed by atoms with E-state index in [1.54, 1.807) is 31.4 Å². The van der Waals surface area contributed by atoms with Gasteiger partial charge in [-0.25, -0.2) is 13.1 Å². The van der Waals surface area contributed by atoms with Gasteiger partial charge in [-0.05, 0) is 29.8 Å². The van der Waals surface area contributed by atoms with Gasteiger partial charge in [0.1, 0.15) is 10.6 Å². The lowest BCUT2D eigenvalue weighted by molar-refractivity contribution is -0.120. The molecule has 0 fully saturated rings. The van der Waals surface area contributed by atoms with Crippen LogP contribution >= 0.6 is 11.6 Å². The van der Waals surface area contributed by atoms with Gasteiger partial charge < -0.3 is 10.1 Å². The topological polar surface area (TPSA) is 84.5 Å². The Morgan fingerprint density at radius 1 is 1.12 bits per heavy atom. The third-order valence-corrected chi connectivity index (χ3v) is 5.10. The molecule has 0 atom stereocenters. The number of hydrogen-bond acceptors (Lipinski definition) is 4. The highest BCUT2D eigenvalue weighted by molar-refractivity contribution is 7.89. The fraction of sp³-hybridized carbons (Fsp3) is 0.188. The number of nitrogens with one attached hydrogen (secondary N) is 2. The van der Waals surface area contributed by atoms with Crippen molar-refractivity contribution in [3.63, 3.8) is 0 Å². The molecule has 24 heavy (non-hydrogen) atoms. The SMILES string of the molecule is COc1ccc(CNC(=O)CNS(=O)(=O)c2ccccc2Cl)cc1. The molecule has 0 aromatic heterocycles. The predicted molar refractivity (Wildman–Crippen MR) is 91.5 cm³/mol. The Bertz CT molecular complexity index is 807. The molecule has 0 radical (unpaired) electrons. The van der Waals surface area contributed by atoms with Crippen molar-refractivity contribution >= 4 is 27.5 Å². The van der Waals surface area contributed by atoms with E-state index in [0.29, 0.717) is 0 Å². The lowest BCUT2D eigenvalue weighted by Gasteiger charge is -2.09. The van der Waals surface area contributed by atoms with E-state index in [1.807, 2.05) is 12.1 Å². The van der Waals surface area contributed by atoms with E-state index < -0.39 is 15.9 Å². The van der Waals surface area contributed by atoms with Crippen molar-refractivity contribution in [2.75, 3.05) is 13.7 Å². The molecular weight excluding hydrogens is 352 g/mol. The molecule has 1 amide bonds. The van der Waals surface area contributed by atoms with Gasteiger partial charge in [0, 0.05) is 6.54 Å². The highest BCUT2D eigenvalue weighted by Crippen LogP contribution is 2.19. The van der Waals surface area contributed by atoms with Crippen LogP contribution in [0, 0.1) is 0 Å². The summed E-state index contributed by atoms with van der Waals surface area (Å²) < 4.78 is 31.5. The van der Waals surface area contributed by atoms with E-state index in [-0.39, 0.29) is 23.0 Å². The number of halogens is 1. The highest BCUT2D eigenvalue weighted by atomic mass is 35.5. The number of carbonyl (C=O) groups is 1. The molecule has 2 aromatic rings. The maximum absolute atomic E-state index is 12.1. The summed E-state index contributed by atoms with van der Waals surface area (Å²) in [5.41, 5.74) is 0.873. The molecule has 2 rings (SSSR count). The summed E-state index contributed by atoms with van der Waals surface area (Å²) in [7, 11) is -2.27. The Balaban J connectivity index is 1.87. The monoisotopic (exact) mass is 368 g/mol. The van der Waals surface area contributed by atoms with E-state index in [4.69, 9.17) is 16.3 Å². The maximum Gasteiger partial charge on any atom is 0.242 e. The second kappa shape index (κ2) is 8.14. The molecule has 8 heteroatoms. The lowest BCUT2D eigenvalue weighted by Crippen LogP contribution is -2.36. The van der Waals surface area contributed by atoms with Crippen LogP contribution in [0.2, 0.25) is 5.02 Å². The summed E-state index contributed by atoms with van der Waals surface area (Å²) >= 11 is 5.86. The minimum Gasteiger partial charge on any atom is -0.497 e. The van der Waals surface area contributed by atoms with Crippen LogP contribution in [0.25, 0.3) is 0 Å². The molecule has 0 heterocycles. The summed E-state index contributed by atoms with van der Waals surface area (Å²) in [5.74, 6) is 0.277. The molecule has 2 N–H and O–H groups in total. The number of carbonyl (C=O) groups excluding carboxylic acids is 1. The predicted octanol–water partition coefficient (Wildman–Crippen LogP) is 1.94. The van der Waals surface area contributed by atoms with Crippen LogP contribution in [0.5, 0.6) is 5.75 Å². The molecule has 0 unspecified atom stereocenters. The van der Waals surface area contributed by atoms with Crippen LogP contribution in [0.4, 0.5) is 0 Å². The van der Waals surface area contributed by atoms with Crippen LogP contribution in [0.15, 0.2) is 53.4 Å². The number of ether oxygens (including phenoxy) is 1. The van der Waals surface area contributed by atoms with Crippen LogP contribution in [-0.2, 0) is 21.4 Å². The van der Waals surface area contributed by atoms with Gasteiger partial charge in [0.15, 0.2) is 0 Å². The van der Waals surface area contributed by atoms with E-state index in [2.05, 4.69) is 10.0 Å². The van der Waals surface area contributed by atoms with Crippen molar-refractivity contribution in [3.8, 4) is 5.75 Å². The quantitative estimate of drug-likeness (QED) is 0.782. The average molecular weight is 369 g/mol. The van der Waals surface area contributed by atoms with Gasteiger partial charge in [0.25, 0.3) is 0 Å². The normalized spacial score (nSPS) is 11.1. The molecule has 6 nitrogen and oxygen atoms in total. The van der Waals surface area contributed by atoms with E-state index in [0.717, 1.165) is 11.3 Å². The van der Waals surface area contributed by atoms with Crippen molar-refractivity contribution in [2.24, 2.45) is 0 Å². The van der Waals surface area contributed by atoms with Gasteiger partial charge in [-0.3, -0.25) is 4.79 Å². The van der Waals surface area contributed by atoms with Crippen LogP contribution in [0.1, 0.15) is 5.56 Å². The number of benzene rings is 2. The van der Waals surface area contributed by atoms with Gasteiger partial charge in [0.05, 0.1) is 18.7 Å². The number of amides is 1. The fourth-order valence-electron chi connectivity index (χ4n) is 1.91. The van der Waals surface area contributed by atoms with E-state index in [1.165, 1.54) is 12.1 Å². The van der Waals surface area contributed by atoms with Gasteiger partial charge >= 0.3 is 0 Å². The van der Waals surface area contributed by atoms with Crippen molar-refractivity contribution in [1.29, 1.82) is 0 Å². The first-order valence-electron chi connectivity index (χ1n) is 7.06. The standard InChI is InChI=1S/C16H17ClN2O4S/c1-23-13-8-6-12(7-9-13)10-18-16(20)11-19-24(21,22)15-5-3-2-4-14(15)17/h2-9,19H,10-11H2,1H3,(H,18,20). The van der Waals surface area contributed by atoms with Crippen molar-refractivity contribution in [1.82, 2.24) is 10.0 Å². The Labute approximate surface area is 145 Å². The fourth-order valence-corrected chi connectivity index (χ4v) is 3.41. The first-order chi connectivity index (χ1) is 11.4. The Morgan fingerprint density at radius 2 is 1.79 bits per heavy atom. The first kappa shape index (κ1) is 18.3. The third kappa shape index (κ3) is 4.95. The molecule has 0 spiro atoms.